The topological polar surface area (TPSA) is 110 Å². The summed E-state index contributed by atoms with van der Waals surface area (Å²) < 4.78 is 0. The summed E-state index contributed by atoms with van der Waals surface area (Å²) in [4.78, 5) is 23.6. The lowest BCUT2D eigenvalue weighted by Crippen LogP contribution is -2.49. The Morgan fingerprint density at radius 3 is 2.64 bits per heavy atom. The van der Waals surface area contributed by atoms with Crippen molar-refractivity contribution in [3.63, 3.8) is 0 Å². The standard InChI is InChI=1S/C13H20N4O4S/c1-22-13-14-6-10(12(20)21)11(15-13)17-4-2-16(3-5-17)7-9(19)8-18/h6,9,18-19H,2-5,7-8H2,1H3,(H,20,21). The third kappa shape index (κ3) is 4.07. The first-order valence-electron chi connectivity index (χ1n) is 6.95. The number of carbonyl (C=O) groups is 1. The van der Waals surface area contributed by atoms with E-state index in [9.17, 15) is 15.0 Å². The molecular formula is C13H20N4O4S. The van der Waals surface area contributed by atoms with Gasteiger partial charge in [-0.15, -0.1) is 0 Å². The van der Waals surface area contributed by atoms with Gasteiger partial charge in [0.05, 0.1) is 12.7 Å². The van der Waals surface area contributed by atoms with Crippen LogP contribution >= 0.6 is 11.8 Å². The number of hydrogen-bond donors (Lipinski definition) is 3. The molecule has 0 spiro atoms. The van der Waals surface area contributed by atoms with Crippen LogP contribution < -0.4 is 4.90 Å². The average Bonchev–Trinajstić information content (AvgIpc) is 2.54. The maximum Gasteiger partial charge on any atom is 0.341 e. The normalized spacial score (nSPS) is 17.5. The van der Waals surface area contributed by atoms with Crippen molar-refractivity contribution in [2.24, 2.45) is 0 Å². The summed E-state index contributed by atoms with van der Waals surface area (Å²) in [7, 11) is 0. The molecule has 0 saturated carbocycles. The highest BCUT2D eigenvalue weighted by molar-refractivity contribution is 7.98. The summed E-state index contributed by atoms with van der Waals surface area (Å²) in [6, 6.07) is 0. The van der Waals surface area contributed by atoms with E-state index in [2.05, 4.69) is 9.97 Å². The van der Waals surface area contributed by atoms with E-state index in [1.165, 1.54) is 18.0 Å². The number of carboxylic acids is 1. The van der Waals surface area contributed by atoms with Crippen molar-refractivity contribution in [1.29, 1.82) is 0 Å². The van der Waals surface area contributed by atoms with Gasteiger partial charge in [0, 0.05) is 38.9 Å². The first kappa shape index (κ1) is 16.9. The minimum absolute atomic E-state index is 0.0987. The molecule has 2 rings (SSSR count). The quantitative estimate of drug-likeness (QED) is 0.464. The summed E-state index contributed by atoms with van der Waals surface area (Å²) >= 11 is 1.37. The molecule has 1 saturated heterocycles. The van der Waals surface area contributed by atoms with Crippen molar-refractivity contribution < 1.29 is 20.1 Å². The zero-order chi connectivity index (χ0) is 16.1. The first-order chi connectivity index (χ1) is 10.5. The summed E-state index contributed by atoms with van der Waals surface area (Å²) in [5.74, 6) is -0.602. The van der Waals surface area contributed by atoms with Crippen molar-refractivity contribution >= 4 is 23.5 Å². The van der Waals surface area contributed by atoms with Crippen molar-refractivity contribution in [3.05, 3.63) is 11.8 Å². The lowest BCUT2D eigenvalue weighted by atomic mass is 10.2. The van der Waals surface area contributed by atoms with Crippen LogP contribution in [-0.2, 0) is 0 Å². The van der Waals surface area contributed by atoms with Crippen molar-refractivity contribution in [1.82, 2.24) is 14.9 Å². The molecule has 0 radical (unpaired) electrons. The van der Waals surface area contributed by atoms with Gasteiger partial charge in [-0.2, -0.15) is 0 Å². The number of aromatic carboxylic acids is 1. The maximum atomic E-state index is 11.3. The molecule has 1 aromatic heterocycles. The number of piperazine rings is 1. The van der Waals surface area contributed by atoms with Gasteiger partial charge in [0.15, 0.2) is 5.16 Å². The Balaban J connectivity index is 2.08. The molecular weight excluding hydrogens is 308 g/mol. The Morgan fingerprint density at radius 1 is 1.41 bits per heavy atom. The number of β-amino-alcohol motifs (C(OH)–C–C–N with tert-alkyl or cyclic N) is 1. The molecule has 0 aromatic carbocycles. The van der Waals surface area contributed by atoms with Gasteiger partial charge >= 0.3 is 5.97 Å². The predicted molar refractivity (Wildman–Crippen MR) is 82.5 cm³/mol. The number of anilines is 1. The number of hydrogen-bond acceptors (Lipinski definition) is 8. The Labute approximate surface area is 132 Å². The highest BCUT2D eigenvalue weighted by atomic mass is 32.2. The van der Waals surface area contributed by atoms with Crippen LogP contribution in [0.3, 0.4) is 0 Å². The molecule has 0 bridgehead atoms. The zero-order valence-corrected chi connectivity index (χ0v) is 13.2. The second-order valence-corrected chi connectivity index (χ2v) is 5.80. The van der Waals surface area contributed by atoms with E-state index in [0.29, 0.717) is 43.7 Å². The molecule has 0 amide bonds. The Bertz CT molecular complexity index is 523. The first-order valence-corrected chi connectivity index (χ1v) is 8.18. The summed E-state index contributed by atoms with van der Waals surface area (Å²) in [5, 5.41) is 28.2. The van der Waals surface area contributed by atoms with E-state index in [1.54, 1.807) is 0 Å². The fourth-order valence-corrected chi connectivity index (χ4v) is 2.68. The minimum Gasteiger partial charge on any atom is -0.477 e. The van der Waals surface area contributed by atoms with Gasteiger partial charge in [-0.1, -0.05) is 11.8 Å². The highest BCUT2D eigenvalue weighted by Crippen LogP contribution is 2.22. The highest BCUT2D eigenvalue weighted by Gasteiger charge is 2.24. The maximum absolute atomic E-state index is 11.3. The third-order valence-corrected chi connectivity index (χ3v) is 4.07. The lowest BCUT2D eigenvalue weighted by Gasteiger charge is -2.36. The Morgan fingerprint density at radius 2 is 2.09 bits per heavy atom. The van der Waals surface area contributed by atoms with E-state index in [1.807, 2.05) is 16.1 Å². The van der Waals surface area contributed by atoms with Crippen LogP contribution in [0.25, 0.3) is 0 Å². The summed E-state index contributed by atoms with van der Waals surface area (Å²) in [5.41, 5.74) is 0.0987. The second kappa shape index (κ2) is 7.73. The predicted octanol–water partition coefficient (Wildman–Crippen LogP) is -0.628. The van der Waals surface area contributed by atoms with Crippen molar-refractivity contribution in [2.75, 3.05) is 50.5 Å². The molecule has 122 valence electrons. The van der Waals surface area contributed by atoms with Gasteiger partial charge in [0.1, 0.15) is 11.4 Å². The number of aromatic nitrogens is 2. The van der Waals surface area contributed by atoms with Gasteiger partial charge in [0.2, 0.25) is 0 Å². The van der Waals surface area contributed by atoms with Crippen LogP contribution in [0.4, 0.5) is 5.82 Å². The number of aliphatic hydroxyl groups is 2. The molecule has 0 aliphatic carbocycles. The lowest BCUT2D eigenvalue weighted by molar-refractivity contribution is 0.0574. The third-order valence-electron chi connectivity index (χ3n) is 3.51. The molecule has 1 aliphatic heterocycles. The van der Waals surface area contributed by atoms with E-state index in [-0.39, 0.29) is 12.2 Å². The monoisotopic (exact) mass is 328 g/mol. The molecule has 1 unspecified atom stereocenters. The SMILES string of the molecule is CSc1ncc(C(=O)O)c(N2CCN(CC(O)CO)CC2)n1. The molecule has 1 aliphatic rings. The molecule has 9 heteroatoms. The van der Waals surface area contributed by atoms with Gasteiger partial charge in [0.25, 0.3) is 0 Å². The van der Waals surface area contributed by atoms with E-state index in [4.69, 9.17) is 5.11 Å². The number of nitrogens with zero attached hydrogens (tertiary/aromatic N) is 4. The van der Waals surface area contributed by atoms with Gasteiger partial charge < -0.3 is 20.2 Å². The minimum atomic E-state index is -1.04. The Kier molecular flexibility index (Phi) is 5.95. The molecule has 1 aromatic rings. The van der Waals surface area contributed by atoms with Crippen LogP contribution in [0.2, 0.25) is 0 Å². The summed E-state index contributed by atoms with van der Waals surface area (Å²) in [6.07, 6.45) is 2.44. The molecule has 22 heavy (non-hydrogen) atoms. The van der Waals surface area contributed by atoms with E-state index < -0.39 is 12.1 Å². The van der Waals surface area contributed by atoms with E-state index in [0.717, 1.165) is 0 Å². The van der Waals surface area contributed by atoms with Gasteiger partial charge in [-0.25, -0.2) is 14.8 Å². The average molecular weight is 328 g/mol. The van der Waals surface area contributed by atoms with Crippen molar-refractivity contribution in [2.45, 2.75) is 11.3 Å². The number of aliphatic hydroxyl groups excluding tert-OH is 2. The van der Waals surface area contributed by atoms with Crippen molar-refractivity contribution in [3.8, 4) is 0 Å². The second-order valence-electron chi connectivity index (χ2n) is 5.02. The fourth-order valence-electron chi connectivity index (χ4n) is 2.35. The number of rotatable bonds is 6. The number of thioether (sulfide) groups is 1. The van der Waals surface area contributed by atoms with E-state index >= 15 is 0 Å². The molecule has 3 N–H and O–H groups in total. The molecule has 1 atom stereocenters. The molecule has 1 fully saturated rings. The van der Waals surface area contributed by atoms with Crippen LogP contribution in [0.1, 0.15) is 10.4 Å². The van der Waals surface area contributed by atoms with Gasteiger partial charge in [-0.05, 0) is 6.26 Å². The van der Waals surface area contributed by atoms with Crippen LogP contribution in [0, 0.1) is 0 Å². The van der Waals surface area contributed by atoms with Gasteiger partial charge in [-0.3, -0.25) is 4.90 Å². The Hall–Kier alpha value is -1.42. The van der Waals surface area contributed by atoms with Crippen LogP contribution in [0.5, 0.6) is 0 Å². The van der Waals surface area contributed by atoms with Crippen LogP contribution in [0.15, 0.2) is 11.4 Å². The fraction of sp³-hybridized carbons (Fsp3) is 0.615. The summed E-state index contributed by atoms with van der Waals surface area (Å²) in [6.45, 7) is 2.73. The smallest absolute Gasteiger partial charge is 0.341 e. The molecule has 8 nitrogen and oxygen atoms in total. The zero-order valence-electron chi connectivity index (χ0n) is 12.3. The molecule has 2 heterocycles. The van der Waals surface area contributed by atoms with Crippen LogP contribution in [-0.4, -0.2) is 87.8 Å². The largest absolute Gasteiger partial charge is 0.477 e. The number of carboxylic acid groups (broad SMARTS) is 1.